The molecule has 1 unspecified atom stereocenters. The largest absolute Gasteiger partial charge is 0.455 e. The van der Waals surface area contributed by atoms with Gasteiger partial charge in [0.2, 0.25) is 0 Å². The standard InChI is InChI=1S/C46H33NO/c1-3-13-32(14-4-1)33-25-27-36(28-26-33)47(44-23-11-18-34-17-7-8-19-38(34)44)37-29-30-39(43(31-37)35-15-5-2-6-16-35)41-21-12-22-42-40-20-9-10-24-45(40)48-46(41)42/h1-25,27-31,33H,26H2. The molecule has 1 heterocycles. The summed E-state index contributed by atoms with van der Waals surface area (Å²) in [6.45, 7) is 0. The van der Waals surface area contributed by atoms with Crippen molar-refractivity contribution in [2.75, 3.05) is 4.90 Å². The van der Waals surface area contributed by atoms with E-state index in [-0.39, 0.29) is 0 Å². The van der Waals surface area contributed by atoms with Crippen molar-refractivity contribution >= 4 is 44.1 Å². The predicted octanol–water partition coefficient (Wildman–Crippen LogP) is 12.8. The Hall–Kier alpha value is -6.12. The molecule has 0 aliphatic heterocycles. The van der Waals surface area contributed by atoms with Crippen LogP contribution in [0.4, 0.5) is 11.4 Å². The first-order valence-electron chi connectivity index (χ1n) is 16.6. The van der Waals surface area contributed by atoms with Crippen molar-refractivity contribution in [1.29, 1.82) is 0 Å². The fraction of sp³-hybridized carbons (Fsp3) is 0.0435. The average Bonchev–Trinajstić information content (AvgIpc) is 3.55. The Labute approximate surface area is 280 Å². The van der Waals surface area contributed by atoms with E-state index < -0.39 is 0 Å². The van der Waals surface area contributed by atoms with Gasteiger partial charge in [-0.3, -0.25) is 0 Å². The minimum atomic E-state index is 0.357. The SMILES string of the molecule is C1=CC(c2ccccc2)CC=C1N(c1ccc(-c2cccc3c2oc2ccccc23)c(-c2ccccc2)c1)c1cccc2ccccc12. The first kappa shape index (κ1) is 28.1. The molecule has 1 aromatic heterocycles. The zero-order valence-electron chi connectivity index (χ0n) is 26.5. The van der Waals surface area contributed by atoms with Crippen LogP contribution in [-0.2, 0) is 0 Å². The Balaban J connectivity index is 1.24. The van der Waals surface area contributed by atoms with Crippen molar-refractivity contribution in [3.8, 4) is 22.3 Å². The highest BCUT2D eigenvalue weighted by molar-refractivity contribution is 6.11. The molecule has 2 nitrogen and oxygen atoms in total. The highest BCUT2D eigenvalue weighted by Crippen LogP contribution is 2.44. The fourth-order valence-corrected chi connectivity index (χ4v) is 7.27. The number of fused-ring (bicyclic) bond motifs is 4. The van der Waals surface area contributed by atoms with Crippen molar-refractivity contribution in [3.05, 3.63) is 193 Å². The molecule has 0 spiro atoms. The molecular formula is C46H33NO. The van der Waals surface area contributed by atoms with Crippen molar-refractivity contribution < 1.29 is 4.42 Å². The molecule has 1 atom stereocenters. The van der Waals surface area contributed by atoms with Crippen LogP contribution in [0.5, 0.6) is 0 Å². The van der Waals surface area contributed by atoms with Gasteiger partial charge < -0.3 is 9.32 Å². The number of hydrogen-bond acceptors (Lipinski definition) is 2. The molecule has 0 bridgehead atoms. The van der Waals surface area contributed by atoms with Crippen LogP contribution in [0.25, 0.3) is 55.0 Å². The molecule has 0 N–H and O–H groups in total. The smallest absolute Gasteiger partial charge is 0.143 e. The maximum Gasteiger partial charge on any atom is 0.143 e. The zero-order chi connectivity index (χ0) is 31.9. The lowest BCUT2D eigenvalue weighted by molar-refractivity contribution is 0.670. The van der Waals surface area contributed by atoms with Gasteiger partial charge in [-0.2, -0.15) is 0 Å². The van der Waals surface area contributed by atoms with Crippen LogP contribution < -0.4 is 4.90 Å². The normalized spacial score (nSPS) is 14.4. The minimum Gasteiger partial charge on any atom is -0.455 e. The molecule has 8 aromatic rings. The van der Waals surface area contributed by atoms with Gasteiger partial charge >= 0.3 is 0 Å². The third-order valence-corrected chi connectivity index (χ3v) is 9.61. The first-order chi connectivity index (χ1) is 23.8. The van der Waals surface area contributed by atoms with Gasteiger partial charge in [-0.1, -0.05) is 152 Å². The van der Waals surface area contributed by atoms with Crippen molar-refractivity contribution in [2.24, 2.45) is 0 Å². The van der Waals surface area contributed by atoms with Crippen LogP contribution in [0.15, 0.2) is 192 Å². The van der Waals surface area contributed by atoms with E-state index in [9.17, 15) is 0 Å². The molecule has 0 saturated carbocycles. The molecule has 0 fully saturated rings. The quantitative estimate of drug-likeness (QED) is 0.185. The minimum absolute atomic E-state index is 0.357. The second-order valence-corrected chi connectivity index (χ2v) is 12.5. The summed E-state index contributed by atoms with van der Waals surface area (Å²) in [7, 11) is 0. The molecule has 7 aromatic carbocycles. The fourth-order valence-electron chi connectivity index (χ4n) is 7.27. The summed E-state index contributed by atoms with van der Waals surface area (Å²) in [5.74, 6) is 0.357. The first-order valence-corrected chi connectivity index (χ1v) is 16.6. The summed E-state index contributed by atoms with van der Waals surface area (Å²) in [4.78, 5) is 2.43. The van der Waals surface area contributed by atoms with Gasteiger partial charge in [-0.25, -0.2) is 0 Å². The topological polar surface area (TPSA) is 16.4 Å². The van der Waals surface area contributed by atoms with E-state index in [2.05, 4.69) is 181 Å². The lowest BCUT2D eigenvalue weighted by Crippen LogP contribution is -2.18. The summed E-state index contributed by atoms with van der Waals surface area (Å²) in [5, 5.41) is 4.71. The van der Waals surface area contributed by atoms with Crippen LogP contribution in [0.3, 0.4) is 0 Å². The molecule has 9 rings (SSSR count). The zero-order valence-corrected chi connectivity index (χ0v) is 26.5. The summed E-state index contributed by atoms with van der Waals surface area (Å²) in [5.41, 5.74) is 11.2. The van der Waals surface area contributed by atoms with E-state index in [0.29, 0.717) is 5.92 Å². The molecule has 0 radical (unpaired) electrons. The Morgan fingerprint density at radius 2 is 1.25 bits per heavy atom. The highest BCUT2D eigenvalue weighted by Gasteiger charge is 2.22. The Kier molecular flexibility index (Phi) is 6.98. The summed E-state index contributed by atoms with van der Waals surface area (Å²) in [6.07, 6.45) is 7.99. The molecule has 1 aliphatic carbocycles. The lowest BCUT2D eigenvalue weighted by Gasteiger charge is -2.31. The number of nitrogens with zero attached hydrogens (tertiary/aromatic N) is 1. The molecular weight excluding hydrogens is 583 g/mol. The third kappa shape index (κ3) is 4.90. The van der Waals surface area contributed by atoms with E-state index in [1.54, 1.807) is 0 Å². The van der Waals surface area contributed by atoms with E-state index >= 15 is 0 Å². The van der Waals surface area contributed by atoms with Crippen LogP contribution >= 0.6 is 0 Å². The Morgan fingerprint density at radius 3 is 2.08 bits per heavy atom. The molecule has 1 aliphatic rings. The average molecular weight is 616 g/mol. The van der Waals surface area contributed by atoms with E-state index in [1.807, 2.05) is 6.07 Å². The maximum absolute atomic E-state index is 6.54. The number of hydrogen-bond donors (Lipinski definition) is 0. The number of para-hydroxylation sites is 2. The summed E-state index contributed by atoms with van der Waals surface area (Å²) >= 11 is 0. The maximum atomic E-state index is 6.54. The van der Waals surface area contributed by atoms with Crippen LogP contribution in [0.2, 0.25) is 0 Å². The summed E-state index contributed by atoms with van der Waals surface area (Å²) in [6, 6.07) is 58.5. The molecule has 48 heavy (non-hydrogen) atoms. The summed E-state index contributed by atoms with van der Waals surface area (Å²) < 4.78 is 6.54. The number of furan rings is 1. The third-order valence-electron chi connectivity index (χ3n) is 9.61. The number of rotatable bonds is 6. The highest BCUT2D eigenvalue weighted by atomic mass is 16.3. The van der Waals surface area contributed by atoms with Crippen LogP contribution in [0, 0.1) is 0 Å². The Bertz CT molecular complexity index is 2480. The van der Waals surface area contributed by atoms with Gasteiger partial charge in [-0.05, 0) is 64.4 Å². The number of anilines is 2. The molecule has 0 saturated heterocycles. The van der Waals surface area contributed by atoms with E-state index in [1.165, 1.54) is 22.0 Å². The van der Waals surface area contributed by atoms with Crippen molar-refractivity contribution in [1.82, 2.24) is 0 Å². The Morgan fingerprint density at radius 1 is 0.542 bits per heavy atom. The van der Waals surface area contributed by atoms with Gasteiger partial charge in [0, 0.05) is 39.0 Å². The van der Waals surface area contributed by atoms with Gasteiger partial charge in [0.25, 0.3) is 0 Å². The van der Waals surface area contributed by atoms with Gasteiger partial charge in [-0.15, -0.1) is 0 Å². The van der Waals surface area contributed by atoms with Gasteiger partial charge in [0.15, 0.2) is 0 Å². The second-order valence-electron chi connectivity index (χ2n) is 12.5. The lowest BCUT2D eigenvalue weighted by atomic mass is 9.90. The van der Waals surface area contributed by atoms with Crippen LogP contribution in [0.1, 0.15) is 17.9 Å². The van der Waals surface area contributed by atoms with Crippen molar-refractivity contribution in [3.63, 3.8) is 0 Å². The molecule has 228 valence electrons. The predicted molar refractivity (Wildman–Crippen MR) is 202 cm³/mol. The number of allylic oxidation sites excluding steroid dienone is 3. The van der Waals surface area contributed by atoms with Crippen LogP contribution in [-0.4, -0.2) is 0 Å². The molecule has 0 amide bonds. The number of benzene rings is 7. The van der Waals surface area contributed by atoms with E-state index in [0.717, 1.165) is 62.0 Å². The molecule has 2 heteroatoms. The van der Waals surface area contributed by atoms with Gasteiger partial charge in [0.05, 0.1) is 5.69 Å². The monoisotopic (exact) mass is 615 g/mol. The van der Waals surface area contributed by atoms with Gasteiger partial charge in [0.1, 0.15) is 11.2 Å². The second kappa shape index (κ2) is 11.9. The van der Waals surface area contributed by atoms with E-state index in [4.69, 9.17) is 4.42 Å². The van der Waals surface area contributed by atoms with Crippen molar-refractivity contribution in [2.45, 2.75) is 12.3 Å².